The molecule has 11 nitrogen and oxygen atoms in total. The van der Waals surface area contributed by atoms with Gasteiger partial charge >= 0.3 is 5.97 Å². The molecule has 3 aromatic rings. The number of nitrogens with zero attached hydrogens (tertiary/aromatic N) is 3. The second-order valence-corrected chi connectivity index (χ2v) is 10.8. The predicted octanol–water partition coefficient (Wildman–Crippen LogP) is 3.61. The molecule has 4 rings (SSSR count). The molecule has 2 N–H and O–H groups in total. The van der Waals surface area contributed by atoms with Crippen LogP contribution >= 0.6 is 23.1 Å². The number of esters is 1. The lowest BCUT2D eigenvalue weighted by Crippen LogP contribution is -2.24. The predicted molar refractivity (Wildman–Crippen MR) is 148 cm³/mol. The molecular weight excluding hydrogens is 542 g/mol. The number of rotatable bonds is 11. The number of fused-ring (bicyclic) bond motifs is 1. The zero-order valence-electron chi connectivity index (χ0n) is 22.3. The number of amides is 2. The number of thioether (sulfide) groups is 1. The van der Waals surface area contributed by atoms with Crippen LogP contribution in [0.2, 0.25) is 0 Å². The van der Waals surface area contributed by atoms with Gasteiger partial charge < -0.3 is 29.4 Å². The Balaban J connectivity index is 1.36. The Kier molecular flexibility index (Phi) is 9.46. The standard InChI is InChI=1S/C26H31N5O6S2/c1-5-37-25(34)22-18-8-6-7-9-19(18)39-24(22)28-21(32)14-38-26-30-29-20(31(26)2)13-27-23(33)15-10-16(35-3)12-17(11-15)36-4/h10-12H,5-9,13-14H2,1-4H3,(H,27,33)(H,28,32). The maximum Gasteiger partial charge on any atom is 0.341 e. The Morgan fingerprint density at radius 1 is 1.08 bits per heavy atom. The molecule has 0 spiro atoms. The number of thiophene rings is 1. The van der Waals surface area contributed by atoms with Gasteiger partial charge in [-0.1, -0.05) is 11.8 Å². The van der Waals surface area contributed by atoms with Crippen LogP contribution < -0.4 is 20.1 Å². The van der Waals surface area contributed by atoms with Crippen LogP contribution in [0.5, 0.6) is 11.5 Å². The van der Waals surface area contributed by atoms with Gasteiger partial charge in [-0.3, -0.25) is 9.59 Å². The summed E-state index contributed by atoms with van der Waals surface area (Å²) in [5, 5.41) is 15.1. The van der Waals surface area contributed by atoms with Crippen molar-refractivity contribution in [1.29, 1.82) is 0 Å². The summed E-state index contributed by atoms with van der Waals surface area (Å²) in [5.74, 6) is 0.643. The molecule has 0 radical (unpaired) electrons. The van der Waals surface area contributed by atoms with E-state index in [1.165, 1.54) is 37.3 Å². The zero-order valence-corrected chi connectivity index (χ0v) is 23.9. The highest BCUT2D eigenvalue weighted by Crippen LogP contribution is 2.38. The van der Waals surface area contributed by atoms with Crippen molar-refractivity contribution < 1.29 is 28.6 Å². The first-order valence-corrected chi connectivity index (χ1v) is 14.3. The van der Waals surface area contributed by atoms with Crippen LogP contribution in [0.15, 0.2) is 23.4 Å². The molecule has 13 heteroatoms. The number of carbonyl (C=O) groups is 3. The van der Waals surface area contributed by atoms with Gasteiger partial charge in [0.1, 0.15) is 16.5 Å². The molecule has 0 saturated heterocycles. The fourth-order valence-corrected chi connectivity index (χ4v) is 6.21. The van der Waals surface area contributed by atoms with Crippen molar-refractivity contribution in [2.45, 2.75) is 44.3 Å². The Morgan fingerprint density at radius 3 is 2.49 bits per heavy atom. The maximum absolute atomic E-state index is 12.8. The molecule has 0 atom stereocenters. The van der Waals surface area contributed by atoms with Crippen molar-refractivity contribution in [3.05, 3.63) is 45.6 Å². The lowest BCUT2D eigenvalue weighted by atomic mass is 9.95. The van der Waals surface area contributed by atoms with E-state index in [0.717, 1.165) is 36.1 Å². The number of aromatic nitrogens is 3. The second kappa shape index (κ2) is 13.0. The van der Waals surface area contributed by atoms with E-state index in [-0.39, 0.29) is 30.7 Å². The van der Waals surface area contributed by atoms with E-state index in [2.05, 4.69) is 20.8 Å². The summed E-state index contributed by atoms with van der Waals surface area (Å²) in [6.07, 6.45) is 3.80. The summed E-state index contributed by atoms with van der Waals surface area (Å²) in [6, 6.07) is 4.92. The average molecular weight is 574 g/mol. The fourth-order valence-electron chi connectivity index (χ4n) is 4.19. The van der Waals surface area contributed by atoms with Gasteiger partial charge in [0.25, 0.3) is 5.91 Å². The zero-order chi connectivity index (χ0) is 27.9. The molecular formula is C26H31N5O6S2. The monoisotopic (exact) mass is 573 g/mol. The Labute approximate surface area is 234 Å². The number of hydrogen-bond donors (Lipinski definition) is 2. The highest BCUT2D eigenvalue weighted by Gasteiger charge is 2.27. The van der Waals surface area contributed by atoms with Gasteiger partial charge in [-0.15, -0.1) is 21.5 Å². The number of ether oxygens (including phenoxy) is 3. The van der Waals surface area contributed by atoms with E-state index < -0.39 is 5.97 Å². The molecule has 0 unspecified atom stereocenters. The molecule has 0 fully saturated rings. The third-order valence-corrected chi connectivity index (χ3v) is 8.41. The van der Waals surface area contributed by atoms with E-state index in [4.69, 9.17) is 14.2 Å². The summed E-state index contributed by atoms with van der Waals surface area (Å²) in [5.41, 5.74) is 1.87. The highest BCUT2D eigenvalue weighted by atomic mass is 32.2. The third kappa shape index (κ3) is 6.71. The van der Waals surface area contributed by atoms with Crippen LogP contribution in [-0.2, 0) is 36.0 Å². The molecule has 1 aliphatic rings. The number of benzene rings is 1. The molecule has 0 bridgehead atoms. The number of methoxy groups -OCH3 is 2. The molecule has 39 heavy (non-hydrogen) atoms. The van der Waals surface area contributed by atoms with E-state index in [0.29, 0.717) is 38.6 Å². The summed E-state index contributed by atoms with van der Waals surface area (Å²) in [6.45, 7) is 2.18. The Bertz CT molecular complexity index is 1350. The SMILES string of the molecule is CCOC(=O)c1c(NC(=O)CSc2nnc(CNC(=O)c3cc(OC)cc(OC)c3)n2C)sc2c1CCCC2. The van der Waals surface area contributed by atoms with Crippen LogP contribution in [-0.4, -0.2) is 59.1 Å². The Hall–Kier alpha value is -3.58. The van der Waals surface area contributed by atoms with Crippen molar-refractivity contribution in [2.75, 3.05) is 31.9 Å². The van der Waals surface area contributed by atoms with E-state index in [1.54, 1.807) is 36.7 Å². The first-order valence-electron chi connectivity index (χ1n) is 12.5. The number of nitrogens with one attached hydrogen (secondary N) is 2. The van der Waals surface area contributed by atoms with Gasteiger partial charge in [-0.05, 0) is 50.3 Å². The number of carbonyl (C=O) groups excluding carboxylic acids is 3. The third-order valence-electron chi connectivity index (χ3n) is 6.18. The van der Waals surface area contributed by atoms with E-state index in [9.17, 15) is 14.4 Å². The number of hydrogen-bond acceptors (Lipinski definition) is 10. The average Bonchev–Trinajstić information content (AvgIpc) is 3.49. The summed E-state index contributed by atoms with van der Waals surface area (Å²) in [4.78, 5) is 39.3. The minimum absolute atomic E-state index is 0.0762. The van der Waals surface area contributed by atoms with Crippen LogP contribution in [0.25, 0.3) is 0 Å². The van der Waals surface area contributed by atoms with Crippen LogP contribution in [0.1, 0.15) is 56.7 Å². The molecule has 2 amide bonds. The quantitative estimate of drug-likeness (QED) is 0.261. The van der Waals surface area contributed by atoms with Crippen LogP contribution in [0.4, 0.5) is 5.00 Å². The van der Waals surface area contributed by atoms with Gasteiger partial charge in [-0.25, -0.2) is 4.79 Å². The largest absolute Gasteiger partial charge is 0.497 e. The number of aryl methyl sites for hydroxylation is 1. The van der Waals surface area contributed by atoms with Gasteiger partial charge in [0.15, 0.2) is 11.0 Å². The lowest BCUT2D eigenvalue weighted by Gasteiger charge is -2.12. The number of anilines is 1. The first kappa shape index (κ1) is 28.4. The molecule has 0 aliphatic heterocycles. The van der Waals surface area contributed by atoms with E-state index in [1.807, 2.05) is 0 Å². The molecule has 1 aromatic carbocycles. The fraction of sp³-hybridized carbons (Fsp3) is 0.423. The van der Waals surface area contributed by atoms with Gasteiger partial charge in [0.05, 0.1) is 38.7 Å². The van der Waals surface area contributed by atoms with Crippen molar-refractivity contribution in [3.8, 4) is 11.5 Å². The van der Waals surface area contributed by atoms with Crippen molar-refractivity contribution in [2.24, 2.45) is 7.05 Å². The first-order chi connectivity index (χ1) is 18.8. The smallest absolute Gasteiger partial charge is 0.341 e. The molecule has 1 aliphatic carbocycles. The molecule has 208 valence electrons. The molecule has 2 aromatic heterocycles. The summed E-state index contributed by atoms with van der Waals surface area (Å²) in [7, 11) is 4.80. The summed E-state index contributed by atoms with van der Waals surface area (Å²) >= 11 is 2.67. The molecule has 0 saturated carbocycles. The maximum atomic E-state index is 12.8. The minimum Gasteiger partial charge on any atom is -0.497 e. The normalized spacial score (nSPS) is 12.4. The molecule has 2 heterocycles. The van der Waals surface area contributed by atoms with Crippen molar-refractivity contribution in [1.82, 2.24) is 20.1 Å². The summed E-state index contributed by atoms with van der Waals surface area (Å²) < 4.78 is 17.4. The van der Waals surface area contributed by atoms with Crippen molar-refractivity contribution in [3.63, 3.8) is 0 Å². The van der Waals surface area contributed by atoms with Gasteiger partial charge in [0.2, 0.25) is 5.91 Å². The Morgan fingerprint density at radius 2 is 1.79 bits per heavy atom. The van der Waals surface area contributed by atoms with Crippen LogP contribution in [0.3, 0.4) is 0 Å². The second-order valence-electron chi connectivity index (χ2n) is 8.71. The topological polar surface area (TPSA) is 134 Å². The van der Waals surface area contributed by atoms with E-state index >= 15 is 0 Å². The highest BCUT2D eigenvalue weighted by molar-refractivity contribution is 7.99. The van der Waals surface area contributed by atoms with Gasteiger partial charge in [0, 0.05) is 23.6 Å². The van der Waals surface area contributed by atoms with Gasteiger partial charge in [-0.2, -0.15) is 0 Å². The van der Waals surface area contributed by atoms with Crippen molar-refractivity contribution >= 4 is 45.9 Å². The minimum atomic E-state index is -0.396. The lowest BCUT2D eigenvalue weighted by molar-refractivity contribution is -0.113. The van der Waals surface area contributed by atoms with Crippen LogP contribution in [0, 0.1) is 0 Å².